The molecule has 0 saturated carbocycles. The molecular weight excluding hydrogens is 327 g/mol. The highest BCUT2D eigenvalue weighted by atomic mass is 31.2. The van der Waals surface area contributed by atoms with Crippen LogP contribution in [0.3, 0.4) is 0 Å². The summed E-state index contributed by atoms with van der Waals surface area (Å²) >= 11 is 0. The molecule has 0 amide bonds. The first-order chi connectivity index (χ1) is 11.4. The van der Waals surface area contributed by atoms with E-state index in [0.29, 0.717) is 11.5 Å². The van der Waals surface area contributed by atoms with Crippen molar-refractivity contribution < 1.29 is 23.1 Å². The van der Waals surface area contributed by atoms with Crippen molar-refractivity contribution in [2.24, 2.45) is 0 Å². The number of aryl methyl sites for hydroxylation is 2. The molecule has 0 atom stereocenters. The monoisotopic (exact) mass is 348 g/mol. The van der Waals surface area contributed by atoms with Crippen LogP contribution in [0.4, 0.5) is 0 Å². The predicted octanol–water partition coefficient (Wildman–Crippen LogP) is 4.52. The van der Waals surface area contributed by atoms with Gasteiger partial charge in [0.15, 0.2) is 0 Å². The average Bonchev–Trinajstić information content (AvgIpc) is 2.51. The van der Waals surface area contributed by atoms with E-state index in [9.17, 15) is 9.36 Å². The zero-order valence-corrected chi connectivity index (χ0v) is 14.9. The van der Waals surface area contributed by atoms with E-state index in [2.05, 4.69) is 0 Å². The molecule has 6 heteroatoms. The molecule has 0 bridgehead atoms. The van der Waals surface area contributed by atoms with Gasteiger partial charge in [-0.15, -0.1) is 0 Å². The molecule has 128 valence electrons. The lowest BCUT2D eigenvalue weighted by Crippen LogP contribution is -2.12. The Morgan fingerprint density at radius 2 is 1.38 bits per heavy atom. The predicted molar refractivity (Wildman–Crippen MR) is 92.7 cm³/mol. The molecule has 2 rings (SSSR count). The van der Waals surface area contributed by atoms with E-state index in [1.165, 1.54) is 6.92 Å². The van der Waals surface area contributed by atoms with Gasteiger partial charge in [-0.05, 0) is 37.1 Å². The summed E-state index contributed by atoms with van der Waals surface area (Å²) in [4.78, 5) is 11.0. The van der Waals surface area contributed by atoms with Crippen LogP contribution in [-0.2, 0) is 14.1 Å². The molecule has 0 aliphatic carbocycles. The third-order valence-corrected chi connectivity index (χ3v) is 5.01. The highest BCUT2D eigenvalue weighted by Gasteiger charge is 2.29. The molecular formula is C18H21O5P. The minimum Gasteiger partial charge on any atom is -0.465 e. The summed E-state index contributed by atoms with van der Waals surface area (Å²) in [6, 6.07) is 14.5. The van der Waals surface area contributed by atoms with E-state index in [-0.39, 0.29) is 12.8 Å². The molecule has 0 saturated heterocycles. The van der Waals surface area contributed by atoms with Crippen molar-refractivity contribution in [3.05, 3.63) is 59.7 Å². The van der Waals surface area contributed by atoms with Gasteiger partial charge in [0, 0.05) is 6.92 Å². The largest absolute Gasteiger partial charge is 0.465 e. The van der Waals surface area contributed by atoms with Crippen molar-refractivity contribution in [1.82, 2.24) is 0 Å². The molecule has 5 nitrogen and oxygen atoms in total. The fourth-order valence-corrected chi connectivity index (χ4v) is 3.57. The summed E-state index contributed by atoms with van der Waals surface area (Å²) in [6.07, 6.45) is -0.0325. The van der Waals surface area contributed by atoms with Crippen LogP contribution in [0, 0.1) is 13.8 Å². The van der Waals surface area contributed by atoms with Crippen molar-refractivity contribution in [1.29, 1.82) is 0 Å². The number of carbonyl (C=O) groups is 1. The van der Waals surface area contributed by atoms with Crippen molar-refractivity contribution in [2.75, 3.05) is 12.8 Å². The molecule has 0 N–H and O–H groups in total. The van der Waals surface area contributed by atoms with Gasteiger partial charge in [0.1, 0.15) is 24.3 Å². The van der Waals surface area contributed by atoms with E-state index in [1.54, 1.807) is 24.3 Å². The van der Waals surface area contributed by atoms with Crippen LogP contribution in [0.15, 0.2) is 48.5 Å². The topological polar surface area (TPSA) is 61.8 Å². The summed E-state index contributed by atoms with van der Waals surface area (Å²) in [7, 11) is -3.55. The summed E-state index contributed by atoms with van der Waals surface area (Å²) in [5.41, 5.74) is 1.69. The van der Waals surface area contributed by atoms with Crippen molar-refractivity contribution in [3.8, 4) is 11.5 Å². The number of rotatable bonds is 7. The molecule has 0 spiro atoms. The van der Waals surface area contributed by atoms with Crippen LogP contribution in [0.25, 0.3) is 0 Å². The first kappa shape index (κ1) is 18.1. The molecule has 0 heterocycles. The van der Waals surface area contributed by atoms with Gasteiger partial charge in [-0.1, -0.05) is 36.4 Å². The lowest BCUT2D eigenvalue weighted by molar-refractivity contribution is -0.140. The Morgan fingerprint density at radius 3 is 1.79 bits per heavy atom. The van der Waals surface area contributed by atoms with Crippen molar-refractivity contribution >= 4 is 13.6 Å². The average molecular weight is 348 g/mol. The summed E-state index contributed by atoms with van der Waals surface area (Å²) in [6.45, 7) is 4.98. The van der Waals surface area contributed by atoms with Crippen LogP contribution in [-0.4, -0.2) is 18.7 Å². The Balaban J connectivity index is 2.23. The number of benzene rings is 2. The first-order valence-corrected chi connectivity index (χ1v) is 9.35. The molecule has 2 aromatic rings. The van der Waals surface area contributed by atoms with E-state index < -0.39 is 13.6 Å². The molecule has 0 aliphatic heterocycles. The van der Waals surface area contributed by atoms with Gasteiger partial charge in [0.25, 0.3) is 0 Å². The highest BCUT2D eigenvalue weighted by Crippen LogP contribution is 2.49. The maximum absolute atomic E-state index is 13.2. The third kappa shape index (κ3) is 5.14. The Kier molecular flexibility index (Phi) is 6.04. The fraction of sp³-hybridized carbons (Fsp3) is 0.278. The molecule has 2 aromatic carbocycles. The maximum Gasteiger partial charge on any atom is 0.434 e. The first-order valence-electron chi connectivity index (χ1n) is 7.62. The molecule has 0 aliphatic rings. The molecule has 0 aromatic heterocycles. The third-order valence-electron chi connectivity index (χ3n) is 3.33. The molecule has 24 heavy (non-hydrogen) atoms. The summed E-state index contributed by atoms with van der Waals surface area (Å²) < 4.78 is 29.5. The van der Waals surface area contributed by atoms with E-state index in [4.69, 9.17) is 13.8 Å². The Bertz CT molecular complexity index is 705. The number of hydrogen-bond acceptors (Lipinski definition) is 5. The Morgan fingerprint density at radius 1 is 0.917 bits per heavy atom. The van der Waals surface area contributed by atoms with Crippen LogP contribution in [0.1, 0.15) is 18.1 Å². The van der Waals surface area contributed by atoms with Crippen LogP contribution in [0.5, 0.6) is 11.5 Å². The second-order valence-corrected chi connectivity index (χ2v) is 7.42. The standard InChI is InChI=1S/C18H21O5P/c1-14-8-4-6-10-17(14)22-24(20,13-12-21-16(3)19)23-18-11-7-5-9-15(18)2/h4-11H,12-13H2,1-3H3. The maximum atomic E-state index is 13.2. The number of para-hydroxylation sites is 2. The molecule has 0 fully saturated rings. The Labute approximate surface area is 142 Å². The van der Waals surface area contributed by atoms with E-state index >= 15 is 0 Å². The number of esters is 1. The van der Waals surface area contributed by atoms with Crippen molar-refractivity contribution in [3.63, 3.8) is 0 Å². The van der Waals surface area contributed by atoms with Gasteiger partial charge in [-0.3, -0.25) is 4.79 Å². The van der Waals surface area contributed by atoms with E-state index in [1.807, 2.05) is 38.1 Å². The number of hydrogen-bond donors (Lipinski definition) is 0. The normalized spacial score (nSPS) is 11.0. The Hall–Kier alpha value is -2.26. The summed E-state index contributed by atoms with van der Waals surface area (Å²) in [5, 5.41) is 0. The zero-order valence-electron chi connectivity index (χ0n) is 14.0. The van der Waals surface area contributed by atoms with Crippen LogP contribution >= 0.6 is 7.60 Å². The molecule has 0 unspecified atom stereocenters. The lowest BCUT2D eigenvalue weighted by atomic mass is 10.2. The number of carbonyl (C=O) groups excluding carboxylic acids is 1. The van der Waals surface area contributed by atoms with Gasteiger partial charge in [-0.2, -0.15) is 0 Å². The lowest BCUT2D eigenvalue weighted by Gasteiger charge is -2.21. The van der Waals surface area contributed by atoms with Gasteiger partial charge >= 0.3 is 13.6 Å². The molecule has 0 radical (unpaired) electrons. The van der Waals surface area contributed by atoms with Gasteiger partial charge in [0.05, 0.1) is 0 Å². The van der Waals surface area contributed by atoms with Crippen LogP contribution < -0.4 is 9.05 Å². The second kappa shape index (κ2) is 8.02. The smallest absolute Gasteiger partial charge is 0.434 e. The minimum atomic E-state index is -3.55. The summed E-state index contributed by atoms with van der Waals surface area (Å²) in [5.74, 6) is 0.530. The van der Waals surface area contributed by atoms with Gasteiger partial charge in [0.2, 0.25) is 0 Å². The van der Waals surface area contributed by atoms with E-state index in [0.717, 1.165) is 11.1 Å². The van der Waals surface area contributed by atoms with Crippen LogP contribution in [0.2, 0.25) is 0 Å². The van der Waals surface area contributed by atoms with Gasteiger partial charge < -0.3 is 13.8 Å². The minimum absolute atomic E-state index is 0.0325. The second-order valence-electron chi connectivity index (χ2n) is 5.39. The quantitative estimate of drug-likeness (QED) is 0.544. The fourth-order valence-electron chi connectivity index (χ4n) is 2.03. The van der Waals surface area contributed by atoms with Gasteiger partial charge in [-0.25, -0.2) is 4.57 Å². The SMILES string of the molecule is CC(=O)OCCP(=O)(Oc1ccccc1C)Oc1ccccc1C. The zero-order chi connectivity index (χ0) is 17.6. The number of ether oxygens (including phenoxy) is 1. The van der Waals surface area contributed by atoms with Crippen molar-refractivity contribution in [2.45, 2.75) is 20.8 Å². The highest BCUT2D eigenvalue weighted by molar-refractivity contribution is 7.54.